The molecule has 0 amide bonds. The van der Waals surface area contributed by atoms with Crippen molar-refractivity contribution < 1.29 is 76.1 Å². The van der Waals surface area contributed by atoms with Gasteiger partial charge in [0, 0.05) is 0 Å². The molecular formula is C8H2F15NO2. The molecule has 0 aromatic heterocycles. The van der Waals surface area contributed by atoms with E-state index in [-0.39, 0.29) is 4.70 Å². The van der Waals surface area contributed by atoms with Crippen molar-refractivity contribution in [3.8, 4) is 0 Å². The molecule has 26 heavy (non-hydrogen) atoms. The van der Waals surface area contributed by atoms with Gasteiger partial charge in [-0.15, -0.1) is 4.90 Å². The molecule has 0 aromatic rings. The van der Waals surface area contributed by atoms with Gasteiger partial charge in [-0.05, 0) is 0 Å². The van der Waals surface area contributed by atoms with E-state index in [4.69, 9.17) is 5.11 Å². The Balaban J connectivity index is 0.00000625. The van der Waals surface area contributed by atoms with Crippen molar-refractivity contribution in [2.24, 2.45) is 0 Å². The van der Waals surface area contributed by atoms with Crippen molar-refractivity contribution in [2.75, 3.05) is 0 Å². The molecule has 156 valence electrons. The van der Waals surface area contributed by atoms with Crippen LogP contribution in [0.2, 0.25) is 0 Å². The molecule has 0 aliphatic carbocycles. The van der Waals surface area contributed by atoms with Crippen LogP contribution in [0.3, 0.4) is 0 Å². The van der Waals surface area contributed by atoms with Crippen molar-refractivity contribution in [2.45, 2.75) is 41.8 Å². The van der Waals surface area contributed by atoms with Crippen LogP contribution in [0.15, 0.2) is 0 Å². The Bertz CT molecular complexity index is 554. The number of piperidine rings is 1. The molecule has 1 saturated heterocycles. The van der Waals surface area contributed by atoms with Gasteiger partial charge in [-0.2, -0.15) is 61.5 Å². The topological polar surface area (TPSA) is 40.5 Å². The summed E-state index contributed by atoms with van der Waals surface area (Å²) in [5.41, 5.74) is 0. The largest absolute Gasteiger partial charge is 0.477 e. The highest BCUT2D eigenvalue weighted by atomic mass is 19.4. The molecule has 0 unspecified atom stereocenters. The van der Waals surface area contributed by atoms with Gasteiger partial charge in [0.25, 0.3) is 0 Å². The van der Waals surface area contributed by atoms with Crippen molar-refractivity contribution in [3.05, 3.63) is 0 Å². The smallest absolute Gasteiger partial charge is 0.419 e. The molecule has 1 aliphatic heterocycles. The molecule has 3 nitrogen and oxygen atoms in total. The van der Waals surface area contributed by atoms with Crippen molar-refractivity contribution in [3.63, 3.8) is 0 Å². The Hall–Kier alpha value is -1.62. The molecule has 1 fully saturated rings. The lowest BCUT2D eigenvalue weighted by molar-refractivity contribution is -0.544. The maximum Gasteiger partial charge on any atom is 0.419 e. The lowest BCUT2D eigenvalue weighted by atomic mass is 9.92. The summed E-state index contributed by atoms with van der Waals surface area (Å²) in [4.78, 5) is 5.70. The summed E-state index contributed by atoms with van der Waals surface area (Å²) in [7, 11) is 0. The number of carbonyl (C=O) groups is 1. The quantitative estimate of drug-likeness (QED) is 0.548. The summed E-state index contributed by atoms with van der Waals surface area (Å²) in [5.74, 6) is -34.4. The second-order valence-corrected chi connectivity index (χ2v) is 4.56. The van der Waals surface area contributed by atoms with Crippen LogP contribution in [0, 0.1) is 0 Å². The van der Waals surface area contributed by atoms with Crippen LogP contribution in [0.25, 0.3) is 0 Å². The predicted molar refractivity (Wildman–Crippen MR) is 46.6 cm³/mol. The summed E-state index contributed by atoms with van der Waals surface area (Å²) in [6.45, 7) is 0. The van der Waals surface area contributed by atoms with E-state index in [1.54, 1.807) is 0 Å². The van der Waals surface area contributed by atoms with Gasteiger partial charge in [0.2, 0.25) is 0 Å². The fourth-order valence-electron chi connectivity index (χ4n) is 1.65. The molecule has 0 saturated carbocycles. The Morgan fingerprint density at radius 2 is 0.962 bits per heavy atom. The fourth-order valence-corrected chi connectivity index (χ4v) is 1.65. The van der Waals surface area contributed by atoms with Gasteiger partial charge >= 0.3 is 47.8 Å². The van der Waals surface area contributed by atoms with Crippen LogP contribution < -0.4 is 0 Å². The number of halogens is 15. The molecule has 0 aromatic carbocycles. The number of likely N-dealkylation sites (tertiary alicyclic amines) is 1. The molecule has 1 rings (SSSR count). The number of rotatable bonds is 3. The Kier molecular flexibility index (Phi) is 5.10. The average molecular weight is 429 g/mol. The van der Waals surface area contributed by atoms with E-state index in [2.05, 4.69) is 0 Å². The Morgan fingerprint density at radius 1 is 0.692 bits per heavy atom. The third kappa shape index (κ3) is 2.25. The fraction of sp³-hybridized carbons (Fsp3) is 0.875. The first-order chi connectivity index (χ1) is 10.6. The molecule has 1 N–H and O–H groups in total. The van der Waals surface area contributed by atoms with E-state index >= 15 is 0 Å². The van der Waals surface area contributed by atoms with Gasteiger partial charge in [-0.1, -0.05) is 0 Å². The maximum atomic E-state index is 13.2. The van der Waals surface area contributed by atoms with Gasteiger partial charge in [0.1, 0.15) is 0 Å². The number of nitrogens with zero attached hydrogens (tertiary/aromatic N) is 1. The highest BCUT2D eigenvalue weighted by molar-refractivity contribution is 5.76. The number of carboxylic acids is 1. The molecule has 0 radical (unpaired) electrons. The third-order valence-corrected chi connectivity index (χ3v) is 3.03. The van der Waals surface area contributed by atoms with Crippen LogP contribution in [0.5, 0.6) is 0 Å². The molecule has 18 heteroatoms. The minimum atomic E-state index is -7.73. The molecule has 1 aliphatic rings. The van der Waals surface area contributed by atoms with Gasteiger partial charge in [-0.25, -0.2) is 4.79 Å². The van der Waals surface area contributed by atoms with E-state index in [1.807, 2.05) is 0 Å². The SMILES string of the molecule is F.O=C(O)C(F)(F)C(F)(F)N1C(F)(F)C(F)(F)C(F)(F)C(F)(F)C1(F)F. The van der Waals surface area contributed by atoms with Gasteiger partial charge in [0.15, 0.2) is 0 Å². The Morgan fingerprint density at radius 3 is 1.19 bits per heavy atom. The number of alkyl halides is 14. The van der Waals surface area contributed by atoms with E-state index in [1.165, 1.54) is 0 Å². The minimum absolute atomic E-state index is 0. The van der Waals surface area contributed by atoms with E-state index in [0.29, 0.717) is 0 Å². The van der Waals surface area contributed by atoms with Crippen LogP contribution in [0.1, 0.15) is 0 Å². The highest BCUT2D eigenvalue weighted by Gasteiger charge is 2.99. The molecular weight excluding hydrogens is 427 g/mol. The third-order valence-electron chi connectivity index (χ3n) is 3.03. The van der Waals surface area contributed by atoms with Crippen molar-refractivity contribution in [1.82, 2.24) is 4.90 Å². The second kappa shape index (κ2) is 5.44. The molecule has 1 heterocycles. The molecule has 0 atom stereocenters. The summed E-state index contributed by atoms with van der Waals surface area (Å²) < 4.78 is 182. The predicted octanol–water partition coefficient (Wildman–Crippen LogP) is 3.86. The van der Waals surface area contributed by atoms with E-state index in [0.717, 1.165) is 0 Å². The van der Waals surface area contributed by atoms with Crippen LogP contribution in [0.4, 0.5) is 66.2 Å². The monoisotopic (exact) mass is 429 g/mol. The van der Waals surface area contributed by atoms with Gasteiger partial charge in [0.05, 0.1) is 0 Å². The number of aliphatic carboxylic acids is 1. The number of carboxylic acid groups (broad SMARTS) is 1. The standard InChI is InChI=1S/C8HF14NO2.FH/c9-2(10,1(24)25)6(17,18)23-7(19,20)4(13,14)3(11,12)5(15,16)8(23,21)22;/h(H,24,25);1H. The zero-order valence-electron chi connectivity index (χ0n) is 11.0. The normalized spacial score (nSPS) is 26.7. The lowest BCUT2D eigenvalue weighted by Gasteiger charge is -2.53. The van der Waals surface area contributed by atoms with Crippen molar-refractivity contribution in [1.29, 1.82) is 0 Å². The zero-order chi connectivity index (χ0) is 20.7. The van der Waals surface area contributed by atoms with Crippen LogP contribution in [-0.4, -0.2) is 57.8 Å². The summed E-state index contributed by atoms with van der Waals surface area (Å²) in [6, 6.07) is -23.1. The zero-order valence-corrected chi connectivity index (χ0v) is 11.0. The summed E-state index contributed by atoms with van der Waals surface area (Å²) in [6.07, 6.45) is 0. The molecule has 0 spiro atoms. The van der Waals surface area contributed by atoms with Crippen LogP contribution in [-0.2, 0) is 4.79 Å². The second-order valence-electron chi connectivity index (χ2n) is 4.56. The molecule has 0 bridgehead atoms. The summed E-state index contributed by atoms with van der Waals surface area (Å²) >= 11 is 0. The van der Waals surface area contributed by atoms with Crippen LogP contribution >= 0.6 is 0 Å². The number of hydrogen-bond donors (Lipinski definition) is 1. The summed E-state index contributed by atoms with van der Waals surface area (Å²) in [5, 5.41) is 7.74. The first-order valence-corrected chi connectivity index (χ1v) is 5.24. The Labute approximate surface area is 130 Å². The van der Waals surface area contributed by atoms with E-state index in [9.17, 15) is 66.3 Å². The van der Waals surface area contributed by atoms with E-state index < -0.39 is 52.7 Å². The number of hydrogen-bond acceptors (Lipinski definition) is 2. The van der Waals surface area contributed by atoms with Gasteiger partial charge in [-0.3, -0.25) is 4.70 Å². The first-order valence-electron chi connectivity index (χ1n) is 5.24. The van der Waals surface area contributed by atoms with Gasteiger partial charge < -0.3 is 5.11 Å². The first kappa shape index (κ1) is 24.4. The minimum Gasteiger partial charge on any atom is -0.477 e. The van der Waals surface area contributed by atoms with Crippen molar-refractivity contribution >= 4 is 5.97 Å². The maximum absolute atomic E-state index is 13.2. The lowest BCUT2D eigenvalue weighted by Crippen LogP contribution is -2.85. The highest BCUT2D eigenvalue weighted by Crippen LogP contribution is 2.67. The average Bonchev–Trinajstić information content (AvgIpc) is 2.34.